The van der Waals surface area contributed by atoms with Crippen molar-refractivity contribution in [3.8, 4) is 0 Å². The SMILES string of the molecule is Cn1c2cccc(C(=N)N)c2c2ncnc(N3CCN(CCc4ccc(F)c(F)c4)CC3)c21. The lowest BCUT2D eigenvalue weighted by molar-refractivity contribution is 0.260. The molecule has 1 fully saturated rings. The molecular formula is C24H25F2N7. The number of halogens is 2. The standard InChI is InChI=1S/C24H25F2N7/c1-31-19-4-2-3-16(23(27)28)20(19)21-22(31)24(30-14-29-21)33-11-9-32(10-12-33)8-7-15-5-6-17(25)18(26)13-15/h2-6,13-14H,7-12H2,1H3,(H3,27,28). The Hall–Kier alpha value is -3.59. The Bertz CT molecular complexity index is 1360. The van der Waals surface area contributed by atoms with E-state index in [-0.39, 0.29) is 5.84 Å². The molecule has 5 rings (SSSR count). The molecule has 4 aromatic rings. The van der Waals surface area contributed by atoms with Crippen molar-refractivity contribution in [2.24, 2.45) is 12.8 Å². The molecular weight excluding hydrogens is 424 g/mol. The third kappa shape index (κ3) is 3.78. The number of anilines is 1. The molecule has 1 aliphatic rings. The lowest BCUT2D eigenvalue weighted by atomic mass is 10.1. The number of aryl methyl sites for hydroxylation is 1. The Morgan fingerprint density at radius 2 is 1.85 bits per heavy atom. The van der Waals surface area contributed by atoms with Gasteiger partial charge in [-0.05, 0) is 30.2 Å². The van der Waals surface area contributed by atoms with Crippen LogP contribution >= 0.6 is 0 Å². The molecule has 170 valence electrons. The molecule has 7 nitrogen and oxygen atoms in total. The molecule has 2 aromatic heterocycles. The number of piperazine rings is 1. The minimum atomic E-state index is -0.813. The summed E-state index contributed by atoms with van der Waals surface area (Å²) in [6.45, 7) is 4.07. The average Bonchev–Trinajstić information content (AvgIpc) is 3.12. The van der Waals surface area contributed by atoms with E-state index >= 15 is 0 Å². The van der Waals surface area contributed by atoms with E-state index in [2.05, 4.69) is 24.3 Å². The van der Waals surface area contributed by atoms with Gasteiger partial charge in [0, 0.05) is 50.7 Å². The van der Waals surface area contributed by atoms with Crippen molar-refractivity contribution in [1.82, 2.24) is 19.4 Å². The monoisotopic (exact) mass is 449 g/mol. The maximum absolute atomic E-state index is 13.5. The maximum Gasteiger partial charge on any atom is 0.159 e. The highest BCUT2D eigenvalue weighted by Gasteiger charge is 2.24. The summed E-state index contributed by atoms with van der Waals surface area (Å²) in [7, 11) is 1.99. The van der Waals surface area contributed by atoms with Gasteiger partial charge in [-0.2, -0.15) is 0 Å². The van der Waals surface area contributed by atoms with Crippen molar-refractivity contribution < 1.29 is 8.78 Å². The first-order valence-corrected chi connectivity index (χ1v) is 10.9. The van der Waals surface area contributed by atoms with Crippen LogP contribution in [0.4, 0.5) is 14.6 Å². The Morgan fingerprint density at radius 1 is 1.06 bits per heavy atom. The van der Waals surface area contributed by atoms with E-state index in [1.54, 1.807) is 12.4 Å². The highest BCUT2D eigenvalue weighted by Crippen LogP contribution is 2.34. The van der Waals surface area contributed by atoms with E-state index in [1.807, 2.05) is 25.2 Å². The fraction of sp³-hybridized carbons (Fsp3) is 0.292. The van der Waals surface area contributed by atoms with Gasteiger partial charge >= 0.3 is 0 Å². The fourth-order valence-corrected chi connectivity index (χ4v) is 4.67. The van der Waals surface area contributed by atoms with Crippen LogP contribution in [-0.2, 0) is 13.5 Å². The largest absolute Gasteiger partial charge is 0.384 e. The molecule has 0 unspecified atom stereocenters. The summed E-state index contributed by atoms with van der Waals surface area (Å²) in [5, 5.41) is 8.84. The second-order valence-corrected chi connectivity index (χ2v) is 8.39. The molecule has 3 N–H and O–H groups in total. The van der Waals surface area contributed by atoms with E-state index in [0.29, 0.717) is 12.0 Å². The first-order chi connectivity index (χ1) is 15.9. The van der Waals surface area contributed by atoms with Crippen LogP contribution in [-0.4, -0.2) is 58.0 Å². The zero-order valence-electron chi connectivity index (χ0n) is 18.4. The van der Waals surface area contributed by atoms with Crippen LogP contribution in [0, 0.1) is 17.0 Å². The van der Waals surface area contributed by atoms with Crippen molar-refractivity contribution in [2.45, 2.75) is 6.42 Å². The van der Waals surface area contributed by atoms with Gasteiger partial charge in [-0.25, -0.2) is 18.7 Å². The summed E-state index contributed by atoms with van der Waals surface area (Å²) in [5.74, 6) is -0.725. The third-order valence-electron chi connectivity index (χ3n) is 6.44. The zero-order valence-corrected chi connectivity index (χ0v) is 18.4. The molecule has 2 aromatic carbocycles. The van der Waals surface area contributed by atoms with Gasteiger partial charge in [0.15, 0.2) is 17.5 Å². The molecule has 0 aliphatic carbocycles. The maximum atomic E-state index is 13.5. The summed E-state index contributed by atoms with van der Waals surface area (Å²) in [6.07, 6.45) is 2.25. The van der Waals surface area contributed by atoms with Crippen molar-refractivity contribution >= 4 is 33.6 Å². The van der Waals surface area contributed by atoms with E-state index < -0.39 is 11.6 Å². The van der Waals surface area contributed by atoms with Crippen LogP contribution in [0.25, 0.3) is 21.9 Å². The van der Waals surface area contributed by atoms with E-state index in [1.165, 1.54) is 12.1 Å². The van der Waals surface area contributed by atoms with Crippen LogP contribution in [0.3, 0.4) is 0 Å². The molecule has 0 radical (unpaired) electrons. The number of benzene rings is 2. The van der Waals surface area contributed by atoms with E-state index in [0.717, 1.165) is 66.0 Å². The molecule has 0 spiro atoms. The summed E-state index contributed by atoms with van der Waals surface area (Å²) < 4.78 is 28.7. The zero-order chi connectivity index (χ0) is 23.1. The second-order valence-electron chi connectivity index (χ2n) is 8.39. The highest BCUT2D eigenvalue weighted by atomic mass is 19.2. The molecule has 0 saturated carbocycles. The topological polar surface area (TPSA) is 87.1 Å². The highest BCUT2D eigenvalue weighted by molar-refractivity contribution is 6.18. The van der Waals surface area contributed by atoms with Crippen LogP contribution in [0.15, 0.2) is 42.7 Å². The Labute approximate surface area is 189 Å². The van der Waals surface area contributed by atoms with Crippen LogP contribution in [0.5, 0.6) is 0 Å². The summed E-state index contributed by atoms with van der Waals surface area (Å²) >= 11 is 0. The van der Waals surface area contributed by atoms with Gasteiger partial charge in [0.25, 0.3) is 0 Å². The van der Waals surface area contributed by atoms with Gasteiger partial charge < -0.3 is 15.2 Å². The predicted octanol–water partition coefficient (Wildman–Crippen LogP) is 3.05. The molecule has 1 saturated heterocycles. The summed E-state index contributed by atoms with van der Waals surface area (Å²) in [4.78, 5) is 13.7. The van der Waals surface area contributed by atoms with E-state index in [9.17, 15) is 8.78 Å². The van der Waals surface area contributed by atoms with E-state index in [4.69, 9.17) is 11.1 Å². The Kier molecular flexibility index (Phi) is 5.41. The van der Waals surface area contributed by atoms with Gasteiger partial charge in [-0.15, -0.1) is 0 Å². The number of hydrogen-bond acceptors (Lipinski definition) is 5. The molecule has 1 aliphatic heterocycles. The lowest BCUT2D eigenvalue weighted by Crippen LogP contribution is -2.47. The summed E-state index contributed by atoms with van der Waals surface area (Å²) in [6, 6.07) is 9.85. The van der Waals surface area contributed by atoms with Crippen LogP contribution in [0.2, 0.25) is 0 Å². The number of nitrogen functional groups attached to an aromatic ring is 1. The van der Waals surface area contributed by atoms with Crippen LogP contribution < -0.4 is 10.6 Å². The van der Waals surface area contributed by atoms with Crippen molar-refractivity contribution in [2.75, 3.05) is 37.6 Å². The number of rotatable bonds is 5. The minimum absolute atomic E-state index is 0.0166. The quantitative estimate of drug-likeness (QED) is 0.361. The van der Waals surface area contributed by atoms with Crippen LogP contribution in [0.1, 0.15) is 11.1 Å². The fourth-order valence-electron chi connectivity index (χ4n) is 4.67. The predicted molar refractivity (Wildman–Crippen MR) is 126 cm³/mol. The molecule has 3 heterocycles. The van der Waals surface area contributed by atoms with Crippen molar-refractivity contribution in [3.05, 3.63) is 65.5 Å². The third-order valence-corrected chi connectivity index (χ3v) is 6.44. The number of aromatic nitrogens is 3. The first kappa shape index (κ1) is 21.3. The molecule has 9 heteroatoms. The Balaban J connectivity index is 1.36. The first-order valence-electron chi connectivity index (χ1n) is 10.9. The van der Waals surface area contributed by atoms with Gasteiger partial charge in [0.05, 0.1) is 5.52 Å². The van der Waals surface area contributed by atoms with Gasteiger partial charge in [-0.3, -0.25) is 10.3 Å². The molecule has 0 bridgehead atoms. The molecule has 0 atom stereocenters. The summed E-state index contributed by atoms with van der Waals surface area (Å²) in [5.41, 5.74) is 9.99. The van der Waals surface area contributed by atoms with Gasteiger partial charge in [0.2, 0.25) is 0 Å². The second kappa shape index (κ2) is 8.40. The minimum Gasteiger partial charge on any atom is -0.384 e. The normalized spacial score (nSPS) is 14.9. The number of fused-ring (bicyclic) bond motifs is 3. The van der Waals surface area contributed by atoms with Crippen molar-refractivity contribution in [3.63, 3.8) is 0 Å². The average molecular weight is 450 g/mol. The number of nitrogens with two attached hydrogens (primary N) is 1. The number of amidine groups is 1. The van der Waals surface area contributed by atoms with Crippen molar-refractivity contribution in [1.29, 1.82) is 5.41 Å². The number of nitrogens with zero attached hydrogens (tertiary/aromatic N) is 5. The lowest BCUT2D eigenvalue weighted by Gasteiger charge is -2.35. The smallest absolute Gasteiger partial charge is 0.159 e. The number of nitrogens with one attached hydrogen (secondary N) is 1. The number of hydrogen-bond donors (Lipinski definition) is 2. The molecule has 0 amide bonds. The molecule has 33 heavy (non-hydrogen) atoms. The van der Waals surface area contributed by atoms with Gasteiger partial charge in [0.1, 0.15) is 23.2 Å². The Morgan fingerprint density at radius 3 is 2.58 bits per heavy atom. The van der Waals surface area contributed by atoms with Gasteiger partial charge in [-0.1, -0.05) is 18.2 Å².